The van der Waals surface area contributed by atoms with Gasteiger partial charge in [0.25, 0.3) is 0 Å². The van der Waals surface area contributed by atoms with Crippen LogP contribution in [0.4, 0.5) is 10.2 Å². The Balaban J connectivity index is 2.12. The quantitative estimate of drug-likeness (QED) is 0.788. The van der Waals surface area contributed by atoms with Crippen molar-refractivity contribution in [3.05, 3.63) is 47.5 Å². The number of nitrogens with zero attached hydrogens (tertiary/aromatic N) is 3. The van der Waals surface area contributed by atoms with E-state index in [1.165, 1.54) is 6.07 Å². The third-order valence-electron chi connectivity index (χ3n) is 4.47. The van der Waals surface area contributed by atoms with Gasteiger partial charge < -0.3 is 15.0 Å². The van der Waals surface area contributed by atoms with Gasteiger partial charge in [0.1, 0.15) is 17.4 Å². The summed E-state index contributed by atoms with van der Waals surface area (Å²) in [6.07, 6.45) is 6.99. The minimum absolute atomic E-state index is 0.104. The van der Waals surface area contributed by atoms with E-state index >= 15 is 0 Å². The Bertz CT molecular complexity index is 953. The molecule has 0 bridgehead atoms. The first-order chi connectivity index (χ1) is 13.2. The molecule has 0 radical (unpaired) electrons. The van der Waals surface area contributed by atoms with Crippen molar-refractivity contribution in [1.29, 1.82) is 0 Å². The molecule has 0 aliphatic carbocycles. The summed E-state index contributed by atoms with van der Waals surface area (Å²) in [4.78, 5) is 8.09. The Morgan fingerprint density at radius 1 is 1.36 bits per heavy atom. The van der Waals surface area contributed by atoms with Crippen molar-refractivity contribution in [3.63, 3.8) is 0 Å². The predicted molar refractivity (Wildman–Crippen MR) is 110 cm³/mol. The number of anilines is 1. The number of hydrogen-bond donors (Lipinski definition) is 1. The van der Waals surface area contributed by atoms with E-state index < -0.39 is 16.7 Å². The summed E-state index contributed by atoms with van der Waals surface area (Å²) in [6.45, 7) is 5.83. The van der Waals surface area contributed by atoms with Gasteiger partial charge in [-0.05, 0) is 39.3 Å². The average Bonchev–Trinajstić information content (AvgIpc) is 2.96. The van der Waals surface area contributed by atoms with Crippen molar-refractivity contribution in [3.8, 4) is 11.3 Å². The molecule has 3 rings (SSSR count). The number of nitrogen functional groups attached to an aromatic ring is 1. The summed E-state index contributed by atoms with van der Waals surface area (Å²) in [5.41, 5.74) is 7.80. The lowest BCUT2D eigenvalue weighted by Gasteiger charge is -2.21. The van der Waals surface area contributed by atoms with Crippen LogP contribution in [0.2, 0.25) is 0 Å². The van der Waals surface area contributed by atoms with Gasteiger partial charge in [-0.25, -0.2) is 9.97 Å². The van der Waals surface area contributed by atoms with Crippen LogP contribution < -0.4 is 5.73 Å². The molecule has 1 unspecified atom stereocenters. The summed E-state index contributed by atoms with van der Waals surface area (Å²) in [6, 6.07) is 2.94. The number of ether oxygens (including phenoxy) is 1. The molecule has 0 saturated heterocycles. The Morgan fingerprint density at radius 2 is 2.11 bits per heavy atom. The highest BCUT2D eigenvalue weighted by molar-refractivity contribution is 7.86. The highest BCUT2D eigenvalue weighted by Crippen LogP contribution is 2.28. The van der Waals surface area contributed by atoms with E-state index in [1.54, 1.807) is 19.4 Å². The molecule has 150 valence electrons. The van der Waals surface area contributed by atoms with E-state index in [9.17, 15) is 8.60 Å². The molecule has 2 N–H and O–H groups in total. The normalized spacial score (nSPS) is 17.6. The number of aromatic nitrogens is 3. The maximum absolute atomic E-state index is 13.8. The first-order valence-electron chi connectivity index (χ1n) is 9.02. The van der Waals surface area contributed by atoms with Crippen LogP contribution in [0, 0.1) is 5.95 Å². The van der Waals surface area contributed by atoms with Gasteiger partial charge in [0, 0.05) is 45.4 Å². The highest BCUT2D eigenvalue weighted by atomic mass is 32.2. The Kier molecular flexibility index (Phi) is 5.69. The van der Waals surface area contributed by atoms with Crippen LogP contribution in [0.25, 0.3) is 17.5 Å². The Hall–Kier alpha value is -2.48. The fourth-order valence-electron chi connectivity index (χ4n) is 2.97. The molecule has 2 aromatic rings. The van der Waals surface area contributed by atoms with Gasteiger partial charge in [0.15, 0.2) is 0 Å². The summed E-state index contributed by atoms with van der Waals surface area (Å²) >= 11 is 0. The lowest BCUT2D eigenvalue weighted by atomic mass is 10.1. The van der Waals surface area contributed by atoms with Crippen molar-refractivity contribution in [1.82, 2.24) is 14.5 Å². The second-order valence-electron chi connectivity index (χ2n) is 7.60. The number of hydrogen-bond acceptors (Lipinski definition) is 5. The summed E-state index contributed by atoms with van der Waals surface area (Å²) in [7, 11) is 0.501. The van der Waals surface area contributed by atoms with Gasteiger partial charge in [-0.2, -0.15) is 4.39 Å². The minimum Gasteiger partial charge on any atom is -0.497 e. The molecule has 28 heavy (non-hydrogen) atoms. The molecular formula is C20H25FN4O2S. The van der Waals surface area contributed by atoms with Crippen molar-refractivity contribution < 1.29 is 13.3 Å². The van der Waals surface area contributed by atoms with Crippen LogP contribution in [0.3, 0.4) is 0 Å². The molecule has 0 saturated carbocycles. The maximum Gasteiger partial charge on any atom is 0.215 e. The zero-order valence-electron chi connectivity index (χ0n) is 16.5. The lowest BCUT2D eigenvalue weighted by Crippen LogP contribution is -2.25. The highest BCUT2D eigenvalue weighted by Gasteiger charge is 2.24. The number of fused-ring (bicyclic) bond motifs is 1. The van der Waals surface area contributed by atoms with Crippen LogP contribution in [0.1, 0.15) is 33.0 Å². The van der Waals surface area contributed by atoms with Gasteiger partial charge in [0.05, 0.1) is 24.8 Å². The molecule has 0 fully saturated rings. The lowest BCUT2D eigenvalue weighted by molar-refractivity contribution is 0.299. The number of aryl methyl sites for hydroxylation is 1. The summed E-state index contributed by atoms with van der Waals surface area (Å²) in [5, 5.41) is 0. The van der Waals surface area contributed by atoms with Crippen LogP contribution in [-0.2, 0) is 22.0 Å². The van der Waals surface area contributed by atoms with Crippen molar-refractivity contribution in [2.24, 2.45) is 0 Å². The predicted octanol–water partition coefficient (Wildman–Crippen LogP) is 3.53. The summed E-state index contributed by atoms with van der Waals surface area (Å²) < 4.78 is 33.7. The van der Waals surface area contributed by atoms with Gasteiger partial charge in [-0.3, -0.25) is 4.21 Å². The molecule has 1 atom stereocenters. The third-order valence-corrected chi connectivity index (χ3v) is 6.41. The molecule has 0 spiro atoms. The zero-order chi connectivity index (χ0) is 20.5. The maximum atomic E-state index is 13.8. The molecule has 0 aromatic carbocycles. The second-order valence-corrected chi connectivity index (χ2v) is 9.81. The molecule has 1 aliphatic heterocycles. The molecule has 8 heteroatoms. The van der Waals surface area contributed by atoms with Crippen LogP contribution in [0.15, 0.2) is 35.7 Å². The van der Waals surface area contributed by atoms with Gasteiger partial charge in [0.2, 0.25) is 5.95 Å². The van der Waals surface area contributed by atoms with Crippen molar-refractivity contribution in [2.45, 2.75) is 38.4 Å². The second kappa shape index (κ2) is 7.87. The van der Waals surface area contributed by atoms with Crippen molar-refractivity contribution in [2.75, 3.05) is 18.6 Å². The average molecular weight is 405 g/mol. The van der Waals surface area contributed by atoms with Gasteiger partial charge in [-0.1, -0.05) is 0 Å². The topological polar surface area (TPSA) is 83.0 Å². The smallest absolute Gasteiger partial charge is 0.215 e. The van der Waals surface area contributed by atoms with Gasteiger partial charge in [-0.15, -0.1) is 0 Å². The van der Waals surface area contributed by atoms with E-state index in [4.69, 9.17) is 10.5 Å². The molecule has 2 aromatic heterocycles. The number of rotatable bonds is 4. The number of nitrogens with two attached hydrogens (primary N) is 1. The van der Waals surface area contributed by atoms with Crippen molar-refractivity contribution >= 4 is 22.8 Å². The number of allylic oxidation sites excluding steroid dienone is 2. The number of imidazole rings is 1. The Morgan fingerprint density at radius 3 is 2.75 bits per heavy atom. The van der Waals surface area contributed by atoms with E-state index in [0.29, 0.717) is 29.2 Å². The van der Waals surface area contributed by atoms with Gasteiger partial charge >= 0.3 is 0 Å². The summed E-state index contributed by atoms with van der Waals surface area (Å²) in [5.74, 6) is 1.32. The molecular weight excluding hydrogens is 379 g/mol. The number of methoxy groups -OCH3 is 1. The van der Waals surface area contributed by atoms with E-state index in [-0.39, 0.29) is 10.6 Å². The minimum atomic E-state index is -1.11. The SMILES string of the molecule is COC1=CCCc2ncc(-c3cc(N)nc(F)c3)n2/C=C\1CS(=O)C(C)(C)C. The first-order valence-corrected chi connectivity index (χ1v) is 10.3. The number of halogens is 1. The molecule has 0 amide bonds. The fourth-order valence-corrected chi connectivity index (χ4v) is 3.90. The molecule has 1 aliphatic rings. The van der Waals surface area contributed by atoms with E-state index in [2.05, 4.69) is 9.97 Å². The Labute approximate surface area is 166 Å². The standard InChI is InChI=1S/C20H25FN4O2S/c1-20(2,3)28(26)12-14-11-25-15(13-8-17(21)24-18(22)9-13)10-23-19(25)7-5-6-16(14)27-4/h6,8-11H,5,7,12H2,1-4H3,(H2,22,24)/b14-11-,16-6?. The van der Waals surface area contributed by atoms with Crippen LogP contribution in [-0.4, -0.2) is 36.4 Å². The van der Waals surface area contributed by atoms with Crippen LogP contribution in [0.5, 0.6) is 0 Å². The van der Waals surface area contributed by atoms with Crippen LogP contribution >= 0.6 is 0 Å². The fraction of sp³-hybridized carbons (Fsp3) is 0.400. The molecule has 3 heterocycles. The third kappa shape index (κ3) is 4.32. The largest absolute Gasteiger partial charge is 0.497 e. The monoisotopic (exact) mass is 404 g/mol. The van der Waals surface area contributed by atoms with E-state index in [1.807, 2.05) is 37.6 Å². The first kappa shape index (κ1) is 20.3. The van der Waals surface area contributed by atoms with E-state index in [0.717, 1.165) is 17.8 Å². The molecule has 6 nitrogen and oxygen atoms in total. The number of pyridine rings is 1. The zero-order valence-corrected chi connectivity index (χ0v) is 17.3.